The molecule has 0 spiro atoms. The van der Waals surface area contributed by atoms with Crippen LogP contribution in [0.3, 0.4) is 0 Å². The van der Waals surface area contributed by atoms with Gasteiger partial charge < -0.3 is 10.6 Å². The predicted octanol–water partition coefficient (Wildman–Crippen LogP) is 2.30. The number of hydrogen-bond donors (Lipinski definition) is 1. The highest BCUT2D eigenvalue weighted by molar-refractivity contribution is 5.87. The second-order valence-electron chi connectivity index (χ2n) is 6.98. The fourth-order valence-electron chi connectivity index (χ4n) is 3.95. The standard InChI is InChI=1S/C17H23FN2O/c1-17(2,13-5-3-4-6-14(13)18)16(21)20-9-11-7-8-15(19)12(11)10-20/h3-6,11-12,15H,7-10,19H2,1-2H3. The number of nitrogens with two attached hydrogens (primary N) is 1. The Hall–Kier alpha value is -1.42. The lowest BCUT2D eigenvalue weighted by atomic mass is 9.83. The van der Waals surface area contributed by atoms with Gasteiger partial charge in [-0.25, -0.2) is 4.39 Å². The molecular formula is C17H23FN2O. The third kappa shape index (κ3) is 2.35. The van der Waals surface area contributed by atoms with Crippen molar-refractivity contribution in [3.8, 4) is 0 Å². The SMILES string of the molecule is CC(C)(C(=O)N1CC2CCC(N)C2C1)c1ccccc1F. The molecule has 3 atom stereocenters. The van der Waals surface area contributed by atoms with Crippen LogP contribution >= 0.6 is 0 Å². The van der Waals surface area contributed by atoms with Gasteiger partial charge in [-0.1, -0.05) is 18.2 Å². The molecule has 1 saturated carbocycles. The van der Waals surface area contributed by atoms with Crippen molar-refractivity contribution in [3.63, 3.8) is 0 Å². The maximum Gasteiger partial charge on any atom is 0.232 e. The van der Waals surface area contributed by atoms with Gasteiger partial charge in [0.05, 0.1) is 5.41 Å². The lowest BCUT2D eigenvalue weighted by Crippen LogP contribution is -2.44. The Bertz CT molecular complexity index is 557. The number of hydrogen-bond acceptors (Lipinski definition) is 2. The second-order valence-corrected chi connectivity index (χ2v) is 6.98. The first kappa shape index (κ1) is 14.5. The van der Waals surface area contributed by atoms with Gasteiger partial charge in [-0.15, -0.1) is 0 Å². The minimum Gasteiger partial charge on any atom is -0.341 e. The van der Waals surface area contributed by atoms with E-state index >= 15 is 0 Å². The number of benzene rings is 1. The molecule has 0 radical (unpaired) electrons. The Morgan fingerprint density at radius 1 is 1.29 bits per heavy atom. The van der Waals surface area contributed by atoms with Crippen LogP contribution in [-0.4, -0.2) is 29.9 Å². The number of carbonyl (C=O) groups excluding carboxylic acids is 1. The Kier molecular flexibility index (Phi) is 3.52. The number of fused-ring (bicyclic) bond motifs is 1. The van der Waals surface area contributed by atoms with Crippen LogP contribution in [0.4, 0.5) is 4.39 Å². The number of carbonyl (C=O) groups is 1. The Labute approximate surface area is 125 Å². The lowest BCUT2D eigenvalue weighted by molar-refractivity contribution is -0.135. The fourth-order valence-corrected chi connectivity index (χ4v) is 3.95. The maximum atomic E-state index is 14.0. The highest BCUT2D eigenvalue weighted by atomic mass is 19.1. The summed E-state index contributed by atoms with van der Waals surface area (Å²) < 4.78 is 14.0. The summed E-state index contributed by atoms with van der Waals surface area (Å²) in [7, 11) is 0. The summed E-state index contributed by atoms with van der Waals surface area (Å²) in [5.41, 5.74) is 5.76. The number of rotatable bonds is 2. The van der Waals surface area contributed by atoms with E-state index in [0.717, 1.165) is 25.9 Å². The van der Waals surface area contributed by atoms with Crippen LogP contribution in [0.15, 0.2) is 24.3 Å². The monoisotopic (exact) mass is 290 g/mol. The van der Waals surface area contributed by atoms with Crippen LogP contribution < -0.4 is 5.73 Å². The molecule has 1 amide bonds. The van der Waals surface area contributed by atoms with Crippen LogP contribution in [0.25, 0.3) is 0 Å². The third-order valence-corrected chi connectivity index (χ3v) is 5.28. The summed E-state index contributed by atoms with van der Waals surface area (Å²) in [5, 5.41) is 0. The van der Waals surface area contributed by atoms with E-state index in [9.17, 15) is 9.18 Å². The molecule has 3 unspecified atom stereocenters. The van der Waals surface area contributed by atoms with Crippen molar-refractivity contribution in [2.75, 3.05) is 13.1 Å². The Morgan fingerprint density at radius 2 is 2.00 bits per heavy atom. The third-order valence-electron chi connectivity index (χ3n) is 5.28. The average molecular weight is 290 g/mol. The molecule has 3 nitrogen and oxygen atoms in total. The fraction of sp³-hybridized carbons (Fsp3) is 0.588. The number of nitrogens with zero attached hydrogens (tertiary/aromatic N) is 1. The normalized spacial score (nSPS) is 28.8. The molecule has 2 fully saturated rings. The van der Waals surface area contributed by atoms with E-state index < -0.39 is 5.41 Å². The zero-order chi connectivity index (χ0) is 15.2. The molecule has 1 aromatic carbocycles. The summed E-state index contributed by atoms with van der Waals surface area (Å²) in [6.45, 7) is 5.11. The van der Waals surface area contributed by atoms with Crippen LogP contribution in [0.1, 0.15) is 32.3 Å². The first-order chi connectivity index (χ1) is 9.91. The van der Waals surface area contributed by atoms with E-state index in [0.29, 0.717) is 17.4 Å². The molecule has 1 saturated heterocycles. The van der Waals surface area contributed by atoms with E-state index in [2.05, 4.69) is 0 Å². The predicted molar refractivity (Wildman–Crippen MR) is 80.2 cm³/mol. The summed E-state index contributed by atoms with van der Waals surface area (Å²) in [5.74, 6) is 0.645. The molecule has 2 N–H and O–H groups in total. The first-order valence-corrected chi connectivity index (χ1v) is 7.71. The van der Waals surface area contributed by atoms with Crippen molar-refractivity contribution in [2.24, 2.45) is 17.6 Å². The summed E-state index contributed by atoms with van der Waals surface area (Å²) >= 11 is 0. The van der Waals surface area contributed by atoms with Gasteiger partial charge in [-0.3, -0.25) is 4.79 Å². The second kappa shape index (κ2) is 5.09. The molecular weight excluding hydrogens is 267 g/mol. The zero-order valence-corrected chi connectivity index (χ0v) is 12.7. The van der Waals surface area contributed by atoms with E-state index in [1.165, 1.54) is 6.07 Å². The molecule has 2 aliphatic rings. The average Bonchev–Trinajstić information content (AvgIpc) is 3.01. The summed E-state index contributed by atoms with van der Waals surface area (Å²) in [6.07, 6.45) is 2.17. The molecule has 1 aliphatic heterocycles. The van der Waals surface area contributed by atoms with Crippen molar-refractivity contribution in [3.05, 3.63) is 35.6 Å². The zero-order valence-electron chi connectivity index (χ0n) is 12.7. The quantitative estimate of drug-likeness (QED) is 0.908. The molecule has 1 aromatic rings. The van der Waals surface area contributed by atoms with Gasteiger partial charge in [0.25, 0.3) is 0 Å². The molecule has 0 bridgehead atoms. The molecule has 0 aromatic heterocycles. The van der Waals surface area contributed by atoms with Gasteiger partial charge >= 0.3 is 0 Å². The number of halogens is 1. The van der Waals surface area contributed by atoms with Crippen molar-refractivity contribution >= 4 is 5.91 Å². The van der Waals surface area contributed by atoms with E-state index in [1.54, 1.807) is 18.2 Å². The smallest absolute Gasteiger partial charge is 0.232 e. The van der Waals surface area contributed by atoms with Crippen LogP contribution in [-0.2, 0) is 10.2 Å². The van der Waals surface area contributed by atoms with E-state index in [-0.39, 0.29) is 17.8 Å². The summed E-state index contributed by atoms with van der Waals surface area (Å²) in [6, 6.07) is 6.76. The molecule has 1 heterocycles. The number of likely N-dealkylation sites (tertiary alicyclic amines) is 1. The van der Waals surface area contributed by atoms with Gasteiger partial charge in [-0.2, -0.15) is 0 Å². The summed E-state index contributed by atoms with van der Waals surface area (Å²) in [4.78, 5) is 14.8. The Balaban J connectivity index is 1.81. The molecule has 4 heteroatoms. The topological polar surface area (TPSA) is 46.3 Å². The maximum absolute atomic E-state index is 14.0. The molecule has 21 heavy (non-hydrogen) atoms. The number of amides is 1. The first-order valence-electron chi connectivity index (χ1n) is 7.71. The lowest BCUT2D eigenvalue weighted by Gasteiger charge is -2.30. The largest absolute Gasteiger partial charge is 0.341 e. The van der Waals surface area contributed by atoms with Crippen LogP contribution in [0.2, 0.25) is 0 Å². The van der Waals surface area contributed by atoms with Gasteiger partial charge in [0, 0.05) is 24.7 Å². The van der Waals surface area contributed by atoms with Crippen LogP contribution in [0.5, 0.6) is 0 Å². The van der Waals surface area contributed by atoms with E-state index in [1.807, 2.05) is 18.7 Å². The van der Waals surface area contributed by atoms with Gasteiger partial charge in [-0.05, 0) is 44.6 Å². The van der Waals surface area contributed by atoms with Crippen molar-refractivity contribution in [2.45, 2.75) is 38.1 Å². The van der Waals surface area contributed by atoms with Gasteiger partial charge in [0.15, 0.2) is 0 Å². The van der Waals surface area contributed by atoms with Crippen LogP contribution in [0, 0.1) is 17.7 Å². The Morgan fingerprint density at radius 3 is 2.67 bits per heavy atom. The molecule has 3 rings (SSSR count). The van der Waals surface area contributed by atoms with Gasteiger partial charge in [0.1, 0.15) is 5.82 Å². The van der Waals surface area contributed by atoms with Crippen molar-refractivity contribution in [1.29, 1.82) is 0 Å². The minimum atomic E-state index is -0.839. The molecule has 1 aliphatic carbocycles. The van der Waals surface area contributed by atoms with E-state index in [4.69, 9.17) is 5.73 Å². The molecule has 114 valence electrons. The van der Waals surface area contributed by atoms with Crippen molar-refractivity contribution < 1.29 is 9.18 Å². The highest BCUT2D eigenvalue weighted by Crippen LogP contribution is 2.39. The van der Waals surface area contributed by atoms with Crippen molar-refractivity contribution in [1.82, 2.24) is 4.90 Å². The minimum absolute atomic E-state index is 0.00852. The van der Waals surface area contributed by atoms with Gasteiger partial charge in [0.2, 0.25) is 5.91 Å². The highest BCUT2D eigenvalue weighted by Gasteiger charge is 2.45.